The van der Waals surface area contributed by atoms with E-state index < -0.39 is 0 Å². The first-order valence-corrected chi connectivity index (χ1v) is 8.52. The van der Waals surface area contributed by atoms with Gasteiger partial charge in [-0.15, -0.1) is 0 Å². The summed E-state index contributed by atoms with van der Waals surface area (Å²) in [5.74, 6) is 0.865. The Morgan fingerprint density at radius 1 is 0.917 bits per heavy atom. The van der Waals surface area contributed by atoms with Gasteiger partial charge in [0.2, 0.25) is 0 Å². The Morgan fingerprint density at radius 2 is 1.67 bits per heavy atom. The lowest BCUT2D eigenvalue weighted by atomic mass is 10.0. The zero-order valence-electron chi connectivity index (χ0n) is 13.9. The van der Waals surface area contributed by atoms with Crippen LogP contribution in [0, 0.1) is 0 Å². The number of hydrogen-bond acceptors (Lipinski definition) is 3. The molecule has 1 aliphatic heterocycles. The van der Waals surface area contributed by atoms with E-state index in [0.29, 0.717) is 0 Å². The molecule has 0 saturated carbocycles. The first-order chi connectivity index (χ1) is 11.8. The van der Waals surface area contributed by atoms with Crippen LogP contribution in [0.15, 0.2) is 53.3 Å². The molecule has 3 aromatic rings. The van der Waals surface area contributed by atoms with Crippen molar-refractivity contribution in [1.82, 2.24) is 4.90 Å². The standard InChI is InChI=1S/C21H21NO2/c1-24-20-11-10-18-17(19(20)14-22-12-4-5-13-22)9-8-15-6-2-3-7-16(15)21(18)23/h2-3,6-11H,4-5,12-14H2,1H3. The van der Waals surface area contributed by atoms with E-state index in [9.17, 15) is 4.79 Å². The Morgan fingerprint density at radius 3 is 2.46 bits per heavy atom. The van der Waals surface area contributed by atoms with E-state index in [4.69, 9.17) is 4.74 Å². The SMILES string of the molecule is COc1ccc2c(=O)c3ccccc3ccc2c1CN1CCCC1. The van der Waals surface area contributed by atoms with Crippen LogP contribution in [0.25, 0.3) is 21.5 Å². The van der Waals surface area contributed by atoms with Crippen LogP contribution in [-0.4, -0.2) is 25.1 Å². The van der Waals surface area contributed by atoms with E-state index in [1.165, 1.54) is 12.8 Å². The summed E-state index contributed by atoms with van der Waals surface area (Å²) in [6.45, 7) is 3.07. The first kappa shape index (κ1) is 15.2. The maximum Gasteiger partial charge on any atom is 0.194 e. The molecule has 0 unspecified atom stereocenters. The van der Waals surface area contributed by atoms with Gasteiger partial charge in [0, 0.05) is 22.9 Å². The summed E-state index contributed by atoms with van der Waals surface area (Å²) in [5, 5.41) is 3.52. The van der Waals surface area contributed by atoms with Crippen LogP contribution in [0.2, 0.25) is 0 Å². The van der Waals surface area contributed by atoms with Crippen LogP contribution < -0.4 is 10.2 Å². The number of benzene rings is 2. The molecule has 0 radical (unpaired) electrons. The van der Waals surface area contributed by atoms with E-state index in [-0.39, 0.29) is 5.43 Å². The zero-order valence-corrected chi connectivity index (χ0v) is 13.9. The van der Waals surface area contributed by atoms with Crippen molar-refractivity contribution >= 4 is 21.5 Å². The predicted molar refractivity (Wildman–Crippen MR) is 98.8 cm³/mol. The van der Waals surface area contributed by atoms with Gasteiger partial charge in [-0.3, -0.25) is 9.69 Å². The number of rotatable bonds is 3. The third-order valence-electron chi connectivity index (χ3n) is 4.99. The monoisotopic (exact) mass is 319 g/mol. The summed E-state index contributed by atoms with van der Waals surface area (Å²) < 4.78 is 5.60. The maximum absolute atomic E-state index is 13.0. The lowest BCUT2D eigenvalue weighted by Crippen LogP contribution is -2.19. The highest BCUT2D eigenvalue weighted by Crippen LogP contribution is 2.29. The molecule has 0 amide bonds. The topological polar surface area (TPSA) is 29.5 Å². The molecule has 1 saturated heterocycles. The van der Waals surface area contributed by atoms with E-state index >= 15 is 0 Å². The number of methoxy groups -OCH3 is 1. The molecule has 24 heavy (non-hydrogen) atoms. The minimum Gasteiger partial charge on any atom is -0.496 e. The molecule has 3 heteroatoms. The minimum absolute atomic E-state index is 0.0934. The Hall–Kier alpha value is -2.39. The summed E-state index contributed by atoms with van der Waals surface area (Å²) in [7, 11) is 1.70. The molecule has 122 valence electrons. The molecule has 0 N–H and O–H groups in total. The normalized spacial score (nSPS) is 15.2. The molecule has 1 aliphatic rings. The molecule has 0 atom stereocenters. The second kappa shape index (κ2) is 6.25. The van der Waals surface area contributed by atoms with Crippen LogP contribution >= 0.6 is 0 Å². The van der Waals surface area contributed by atoms with E-state index in [2.05, 4.69) is 11.0 Å². The highest BCUT2D eigenvalue weighted by Gasteiger charge is 2.17. The molecule has 1 heterocycles. The van der Waals surface area contributed by atoms with Gasteiger partial charge in [-0.2, -0.15) is 0 Å². The fourth-order valence-electron chi connectivity index (χ4n) is 3.72. The van der Waals surface area contributed by atoms with Crippen molar-refractivity contribution in [2.75, 3.05) is 20.2 Å². The van der Waals surface area contributed by atoms with E-state index in [0.717, 1.165) is 52.5 Å². The third-order valence-corrected chi connectivity index (χ3v) is 4.99. The van der Waals surface area contributed by atoms with Gasteiger partial charge in [0.25, 0.3) is 0 Å². The van der Waals surface area contributed by atoms with Gasteiger partial charge in [-0.1, -0.05) is 36.4 Å². The molecular formula is C21H21NO2. The molecule has 1 fully saturated rings. The number of hydrogen-bond donors (Lipinski definition) is 0. The lowest BCUT2D eigenvalue weighted by molar-refractivity contribution is 0.322. The molecule has 3 nitrogen and oxygen atoms in total. The van der Waals surface area contributed by atoms with Crippen LogP contribution in [0.5, 0.6) is 5.75 Å². The summed E-state index contributed by atoms with van der Waals surface area (Å²) in [4.78, 5) is 15.5. The van der Waals surface area contributed by atoms with Crippen molar-refractivity contribution in [3.63, 3.8) is 0 Å². The number of likely N-dealkylation sites (tertiary alicyclic amines) is 1. The Balaban J connectivity index is 2.01. The quantitative estimate of drug-likeness (QED) is 0.732. The second-order valence-electron chi connectivity index (χ2n) is 6.44. The van der Waals surface area contributed by atoms with Gasteiger partial charge in [-0.25, -0.2) is 0 Å². The molecule has 0 bridgehead atoms. The van der Waals surface area contributed by atoms with Crippen molar-refractivity contribution in [3.05, 3.63) is 64.3 Å². The molecule has 4 rings (SSSR count). The van der Waals surface area contributed by atoms with Crippen molar-refractivity contribution in [2.24, 2.45) is 0 Å². The van der Waals surface area contributed by atoms with Crippen molar-refractivity contribution in [1.29, 1.82) is 0 Å². The Labute approximate surface area is 141 Å². The van der Waals surface area contributed by atoms with Crippen LogP contribution in [0.4, 0.5) is 0 Å². The average Bonchev–Trinajstić information content (AvgIpc) is 3.08. The minimum atomic E-state index is 0.0934. The number of nitrogens with zero attached hydrogens (tertiary/aromatic N) is 1. The van der Waals surface area contributed by atoms with E-state index in [1.54, 1.807) is 7.11 Å². The van der Waals surface area contributed by atoms with Gasteiger partial charge in [0.15, 0.2) is 5.43 Å². The predicted octanol–water partition coefficient (Wildman–Crippen LogP) is 3.96. The van der Waals surface area contributed by atoms with Gasteiger partial charge in [0.05, 0.1) is 7.11 Å². The van der Waals surface area contributed by atoms with E-state index in [1.807, 2.05) is 42.5 Å². The average molecular weight is 319 g/mol. The van der Waals surface area contributed by atoms with Crippen molar-refractivity contribution < 1.29 is 4.74 Å². The summed E-state index contributed by atoms with van der Waals surface area (Å²) in [5.41, 5.74) is 1.21. The zero-order chi connectivity index (χ0) is 16.5. The Bertz CT molecular complexity index is 959. The van der Waals surface area contributed by atoms with Gasteiger partial charge in [0.1, 0.15) is 5.75 Å². The summed E-state index contributed by atoms with van der Waals surface area (Å²) >= 11 is 0. The van der Waals surface area contributed by atoms with Crippen LogP contribution in [0.3, 0.4) is 0 Å². The number of fused-ring (bicyclic) bond motifs is 2. The van der Waals surface area contributed by atoms with Gasteiger partial charge < -0.3 is 4.74 Å². The fourth-order valence-corrected chi connectivity index (χ4v) is 3.72. The third kappa shape index (κ3) is 2.55. The second-order valence-corrected chi connectivity index (χ2v) is 6.44. The molecule has 0 spiro atoms. The molecule has 0 aliphatic carbocycles. The van der Waals surface area contributed by atoms with Crippen molar-refractivity contribution in [2.45, 2.75) is 19.4 Å². The highest BCUT2D eigenvalue weighted by atomic mass is 16.5. The smallest absolute Gasteiger partial charge is 0.194 e. The van der Waals surface area contributed by atoms with Crippen molar-refractivity contribution in [3.8, 4) is 5.75 Å². The Kier molecular flexibility index (Phi) is 3.95. The first-order valence-electron chi connectivity index (χ1n) is 8.52. The largest absolute Gasteiger partial charge is 0.496 e. The molecule has 3 aromatic carbocycles. The molecule has 0 aromatic heterocycles. The number of ether oxygens (including phenoxy) is 1. The maximum atomic E-state index is 13.0. The summed E-state index contributed by atoms with van der Waals surface area (Å²) in [6.07, 6.45) is 2.50. The van der Waals surface area contributed by atoms with Gasteiger partial charge >= 0.3 is 0 Å². The van der Waals surface area contributed by atoms with Crippen LogP contribution in [-0.2, 0) is 6.54 Å². The van der Waals surface area contributed by atoms with Gasteiger partial charge in [-0.05, 0) is 48.8 Å². The fraction of sp³-hybridized carbons (Fsp3) is 0.286. The molecular weight excluding hydrogens is 298 g/mol. The lowest BCUT2D eigenvalue weighted by Gasteiger charge is -2.18. The van der Waals surface area contributed by atoms with Crippen LogP contribution in [0.1, 0.15) is 18.4 Å². The summed E-state index contributed by atoms with van der Waals surface area (Å²) in [6, 6.07) is 15.7. The highest BCUT2D eigenvalue weighted by molar-refractivity contribution is 5.95.